The third kappa shape index (κ3) is 8.43. The van der Waals surface area contributed by atoms with Crippen LogP contribution >= 0.6 is 24.0 Å². The summed E-state index contributed by atoms with van der Waals surface area (Å²) in [6, 6.07) is 4.51. The summed E-state index contributed by atoms with van der Waals surface area (Å²) in [6.07, 6.45) is -3.97. The van der Waals surface area contributed by atoms with E-state index in [1.165, 1.54) is 18.5 Å². The number of aliphatic hydroxyl groups excluding tert-OH is 1. The molecule has 0 spiro atoms. The molecular formula is C17H24F3IN6O2. The number of guanidine groups is 1. The number of rotatable bonds is 8. The molecule has 1 aromatic carbocycles. The number of aliphatic hydroxyl groups is 1. The predicted octanol–water partition coefficient (Wildman–Crippen LogP) is 1.95. The second-order valence-corrected chi connectivity index (χ2v) is 5.87. The minimum absolute atomic E-state index is 0. The average Bonchev–Trinajstić information content (AvgIpc) is 3.06. The van der Waals surface area contributed by atoms with Crippen LogP contribution in [0.15, 0.2) is 35.6 Å². The smallest absolute Gasteiger partial charge is 0.416 e. The molecule has 29 heavy (non-hydrogen) atoms. The number of benzene rings is 1. The summed E-state index contributed by atoms with van der Waals surface area (Å²) in [5, 5.41) is 20.0. The highest BCUT2D eigenvalue weighted by Crippen LogP contribution is 2.31. The Balaban J connectivity index is 0.00000420. The molecule has 3 N–H and O–H groups in total. The highest BCUT2D eigenvalue weighted by molar-refractivity contribution is 14.0. The first kappa shape index (κ1) is 24.9. The molecule has 162 valence electrons. The number of nitrogens with one attached hydrogen (secondary N) is 2. The first-order chi connectivity index (χ1) is 13.3. The summed E-state index contributed by atoms with van der Waals surface area (Å²) >= 11 is 0. The van der Waals surface area contributed by atoms with E-state index in [2.05, 4.69) is 25.7 Å². The normalized spacial score (nSPS) is 12.8. The van der Waals surface area contributed by atoms with E-state index in [9.17, 15) is 18.3 Å². The molecule has 12 heteroatoms. The minimum atomic E-state index is -4.44. The Morgan fingerprint density at radius 2 is 2.10 bits per heavy atom. The van der Waals surface area contributed by atoms with Crippen molar-refractivity contribution in [1.82, 2.24) is 25.4 Å². The van der Waals surface area contributed by atoms with E-state index in [0.29, 0.717) is 24.9 Å². The summed E-state index contributed by atoms with van der Waals surface area (Å²) in [6.45, 7) is 2.73. The van der Waals surface area contributed by atoms with Gasteiger partial charge in [-0.2, -0.15) is 18.3 Å². The van der Waals surface area contributed by atoms with Gasteiger partial charge in [-0.3, -0.25) is 4.68 Å². The van der Waals surface area contributed by atoms with Crippen LogP contribution in [0, 0.1) is 0 Å². The van der Waals surface area contributed by atoms with Crippen molar-refractivity contribution < 1.29 is 23.0 Å². The summed E-state index contributed by atoms with van der Waals surface area (Å²) in [5.74, 6) is 1.17. The third-order valence-electron chi connectivity index (χ3n) is 3.64. The summed E-state index contributed by atoms with van der Waals surface area (Å²) in [4.78, 5) is 8.41. The first-order valence-corrected chi connectivity index (χ1v) is 8.62. The molecule has 0 amide bonds. The van der Waals surface area contributed by atoms with Crippen molar-refractivity contribution in [3.63, 3.8) is 0 Å². The largest absolute Gasteiger partial charge is 0.491 e. The Labute approximate surface area is 183 Å². The van der Waals surface area contributed by atoms with Crippen LogP contribution in [0.3, 0.4) is 0 Å². The van der Waals surface area contributed by atoms with Gasteiger partial charge in [-0.25, -0.2) is 9.98 Å². The van der Waals surface area contributed by atoms with Crippen molar-refractivity contribution in [1.29, 1.82) is 0 Å². The van der Waals surface area contributed by atoms with Crippen molar-refractivity contribution in [3.8, 4) is 5.75 Å². The van der Waals surface area contributed by atoms with Gasteiger partial charge in [0, 0.05) is 20.1 Å². The molecule has 0 aliphatic rings. The molecule has 1 unspecified atom stereocenters. The molecular weight excluding hydrogens is 504 g/mol. The second-order valence-electron chi connectivity index (χ2n) is 5.87. The van der Waals surface area contributed by atoms with E-state index in [-0.39, 0.29) is 42.9 Å². The Hall–Kier alpha value is -2.09. The first-order valence-electron chi connectivity index (χ1n) is 8.62. The van der Waals surface area contributed by atoms with Crippen LogP contribution in [0.4, 0.5) is 13.2 Å². The summed E-state index contributed by atoms with van der Waals surface area (Å²) in [5.41, 5.74) is -0.803. The SMILES string of the molecule is CCNC(=NCc1ncnn1C)NCC(O)COc1cccc(C(F)(F)F)c1.I. The van der Waals surface area contributed by atoms with Crippen LogP contribution in [-0.2, 0) is 19.8 Å². The number of aliphatic imine (C=N–C) groups is 1. The maximum atomic E-state index is 12.7. The van der Waals surface area contributed by atoms with Gasteiger partial charge in [-0.15, -0.1) is 24.0 Å². The number of aromatic nitrogens is 3. The highest BCUT2D eigenvalue weighted by atomic mass is 127. The van der Waals surface area contributed by atoms with Gasteiger partial charge in [0.1, 0.15) is 37.2 Å². The fourth-order valence-electron chi connectivity index (χ4n) is 2.18. The van der Waals surface area contributed by atoms with Gasteiger partial charge in [0.25, 0.3) is 0 Å². The van der Waals surface area contributed by atoms with Crippen molar-refractivity contribution in [2.45, 2.75) is 25.7 Å². The molecule has 0 bridgehead atoms. The van der Waals surface area contributed by atoms with E-state index >= 15 is 0 Å². The lowest BCUT2D eigenvalue weighted by Gasteiger charge is -2.16. The van der Waals surface area contributed by atoms with Crippen LogP contribution < -0.4 is 15.4 Å². The quantitative estimate of drug-likeness (QED) is 0.276. The number of nitrogens with zero attached hydrogens (tertiary/aromatic N) is 4. The van der Waals surface area contributed by atoms with Gasteiger partial charge in [0.05, 0.1) is 5.56 Å². The lowest BCUT2D eigenvalue weighted by Crippen LogP contribution is -2.42. The van der Waals surface area contributed by atoms with E-state index in [0.717, 1.165) is 12.1 Å². The second kappa shape index (κ2) is 11.8. The zero-order valence-corrected chi connectivity index (χ0v) is 18.3. The maximum absolute atomic E-state index is 12.7. The lowest BCUT2D eigenvalue weighted by molar-refractivity contribution is -0.137. The van der Waals surface area contributed by atoms with Crippen molar-refractivity contribution in [3.05, 3.63) is 42.0 Å². The number of hydrogen-bond donors (Lipinski definition) is 3. The fourth-order valence-corrected chi connectivity index (χ4v) is 2.18. The molecule has 2 rings (SSSR count). The van der Waals surface area contributed by atoms with Gasteiger partial charge in [-0.05, 0) is 25.1 Å². The minimum Gasteiger partial charge on any atom is -0.491 e. The maximum Gasteiger partial charge on any atom is 0.416 e. The topological polar surface area (TPSA) is 96.6 Å². The molecule has 0 aliphatic carbocycles. The molecule has 0 saturated carbocycles. The van der Waals surface area contributed by atoms with E-state index in [1.807, 2.05) is 6.92 Å². The average molecular weight is 528 g/mol. The zero-order chi connectivity index (χ0) is 20.6. The zero-order valence-electron chi connectivity index (χ0n) is 16.0. The number of aryl methyl sites for hydroxylation is 1. The lowest BCUT2D eigenvalue weighted by atomic mass is 10.2. The standard InChI is InChI=1S/C17H23F3N6O2.HI/c1-3-21-16(23-9-15-24-11-25-26(15)2)22-8-13(27)10-28-14-6-4-5-12(7-14)17(18,19)20;/h4-7,11,13,27H,3,8-10H2,1-2H3,(H2,21,22,23);1H. The van der Waals surface area contributed by atoms with Crippen LogP contribution in [0.1, 0.15) is 18.3 Å². The third-order valence-corrected chi connectivity index (χ3v) is 3.64. The fraction of sp³-hybridized carbons (Fsp3) is 0.471. The van der Waals surface area contributed by atoms with Crippen molar-refractivity contribution >= 4 is 29.9 Å². The van der Waals surface area contributed by atoms with E-state index in [4.69, 9.17) is 4.74 Å². The Morgan fingerprint density at radius 1 is 1.34 bits per heavy atom. The molecule has 0 saturated heterocycles. The van der Waals surface area contributed by atoms with E-state index < -0.39 is 17.8 Å². The van der Waals surface area contributed by atoms with Gasteiger partial charge < -0.3 is 20.5 Å². The Kier molecular flexibility index (Phi) is 10.2. The molecule has 0 fully saturated rings. The molecule has 0 aliphatic heterocycles. The molecule has 0 radical (unpaired) electrons. The molecule has 1 heterocycles. The van der Waals surface area contributed by atoms with Crippen LogP contribution in [0.5, 0.6) is 5.75 Å². The summed E-state index contributed by atoms with van der Waals surface area (Å²) in [7, 11) is 1.76. The number of alkyl halides is 3. The van der Waals surface area contributed by atoms with Crippen LogP contribution in [0.2, 0.25) is 0 Å². The molecule has 8 nitrogen and oxygen atoms in total. The Morgan fingerprint density at radius 3 is 2.72 bits per heavy atom. The van der Waals surface area contributed by atoms with Gasteiger partial charge in [-0.1, -0.05) is 6.07 Å². The molecule has 2 aromatic rings. The Bertz CT molecular complexity index is 785. The van der Waals surface area contributed by atoms with Crippen molar-refractivity contribution in [2.75, 3.05) is 19.7 Å². The van der Waals surface area contributed by atoms with Crippen LogP contribution in [0.25, 0.3) is 0 Å². The monoisotopic (exact) mass is 528 g/mol. The predicted molar refractivity (Wildman–Crippen MR) is 112 cm³/mol. The molecule has 1 aromatic heterocycles. The van der Waals surface area contributed by atoms with Gasteiger partial charge in [0.15, 0.2) is 5.96 Å². The van der Waals surface area contributed by atoms with Gasteiger partial charge in [0.2, 0.25) is 0 Å². The van der Waals surface area contributed by atoms with Crippen LogP contribution in [-0.4, -0.2) is 51.6 Å². The number of ether oxygens (including phenoxy) is 1. The van der Waals surface area contributed by atoms with Crippen molar-refractivity contribution in [2.24, 2.45) is 12.0 Å². The highest BCUT2D eigenvalue weighted by Gasteiger charge is 2.30. The number of halogens is 4. The number of hydrogen-bond acceptors (Lipinski definition) is 5. The molecule has 1 atom stereocenters. The summed E-state index contributed by atoms with van der Waals surface area (Å²) < 4.78 is 45.0. The van der Waals surface area contributed by atoms with Gasteiger partial charge >= 0.3 is 6.18 Å². The van der Waals surface area contributed by atoms with E-state index in [1.54, 1.807) is 11.7 Å².